The molecule has 11 heteroatoms. The second-order valence-corrected chi connectivity index (χ2v) is 9.40. The summed E-state index contributed by atoms with van der Waals surface area (Å²) in [6.07, 6.45) is 5.22. The van der Waals surface area contributed by atoms with Crippen molar-refractivity contribution in [1.29, 1.82) is 0 Å². The van der Waals surface area contributed by atoms with Crippen molar-refractivity contribution in [3.8, 4) is 0 Å². The first kappa shape index (κ1) is 22.8. The summed E-state index contributed by atoms with van der Waals surface area (Å²) in [5.74, 6) is -1.21. The summed E-state index contributed by atoms with van der Waals surface area (Å²) < 4.78 is 0. The van der Waals surface area contributed by atoms with Gasteiger partial charge in [-0.25, -0.2) is 4.79 Å². The Morgan fingerprint density at radius 3 is 2.44 bits per heavy atom. The number of urea groups is 1. The summed E-state index contributed by atoms with van der Waals surface area (Å²) in [6.45, 7) is 0.435. The van der Waals surface area contributed by atoms with Crippen molar-refractivity contribution < 1.29 is 19.2 Å². The van der Waals surface area contributed by atoms with Crippen LogP contribution >= 0.6 is 23.2 Å². The molecule has 1 spiro atoms. The molecule has 5 amide bonds. The second-order valence-electron chi connectivity index (χ2n) is 8.52. The molecule has 32 heavy (non-hydrogen) atoms. The third-order valence-corrected chi connectivity index (χ3v) is 6.68. The van der Waals surface area contributed by atoms with Gasteiger partial charge in [0, 0.05) is 15.7 Å². The van der Waals surface area contributed by atoms with E-state index < -0.39 is 29.4 Å². The van der Waals surface area contributed by atoms with Crippen LogP contribution in [0.5, 0.6) is 0 Å². The van der Waals surface area contributed by atoms with Crippen LogP contribution in [-0.4, -0.2) is 58.3 Å². The predicted octanol–water partition coefficient (Wildman–Crippen LogP) is 2.68. The molecule has 3 N–H and O–H groups in total. The number of halogens is 2. The van der Waals surface area contributed by atoms with E-state index in [-0.39, 0.29) is 12.5 Å². The van der Waals surface area contributed by atoms with Crippen LogP contribution in [0.15, 0.2) is 18.2 Å². The summed E-state index contributed by atoms with van der Waals surface area (Å²) >= 11 is 12.0. The molecule has 0 radical (unpaired) electrons. The fourth-order valence-electron chi connectivity index (χ4n) is 4.72. The van der Waals surface area contributed by atoms with Gasteiger partial charge in [-0.05, 0) is 50.4 Å². The number of amides is 5. The summed E-state index contributed by atoms with van der Waals surface area (Å²) in [6, 6.07) is 3.62. The number of hydrogen-bond acceptors (Lipinski definition) is 5. The number of nitrogens with zero attached hydrogens (tertiary/aromatic N) is 2. The van der Waals surface area contributed by atoms with Gasteiger partial charge in [0.1, 0.15) is 5.54 Å². The molecule has 2 saturated heterocycles. The Morgan fingerprint density at radius 1 is 1.06 bits per heavy atom. The van der Waals surface area contributed by atoms with Gasteiger partial charge in [0.2, 0.25) is 5.91 Å². The van der Waals surface area contributed by atoms with Crippen LogP contribution < -0.4 is 16.1 Å². The largest absolute Gasteiger partial charge is 0.344 e. The van der Waals surface area contributed by atoms with Gasteiger partial charge in [0.15, 0.2) is 0 Å². The highest BCUT2D eigenvalue weighted by molar-refractivity contribution is 6.35. The van der Waals surface area contributed by atoms with Crippen LogP contribution in [0.3, 0.4) is 0 Å². The Hall–Kier alpha value is -2.36. The Balaban J connectivity index is 1.35. The van der Waals surface area contributed by atoms with Crippen molar-refractivity contribution in [2.75, 3.05) is 18.4 Å². The van der Waals surface area contributed by atoms with Gasteiger partial charge in [-0.2, -0.15) is 5.01 Å². The molecule has 1 atom stereocenters. The lowest BCUT2D eigenvalue weighted by atomic mass is 9.82. The van der Waals surface area contributed by atoms with E-state index in [2.05, 4.69) is 16.1 Å². The van der Waals surface area contributed by atoms with E-state index in [4.69, 9.17) is 23.2 Å². The smallest absolute Gasteiger partial charge is 0.325 e. The number of carbonyl (C=O) groups is 4. The van der Waals surface area contributed by atoms with Gasteiger partial charge in [-0.1, -0.05) is 42.5 Å². The number of rotatable bonds is 5. The summed E-state index contributed by atoms with van der Waals surface area (Å²) in [7, 11) is 0. The fourth-order valence-corrected chi connectivity index (χ4v) is 5.25. The van der Waals surface area contributed by atoms with Crippen molar-refractivity contribution in [2.45, 2.75) is 56.5 Å². The lowest BCUT2D eigenvalue weighted by molar-refractivity contribution is -0.140. The van der Waals surface area contributed by atoms with Gasteiger partial charge in [0.05, 0.1) is 12.6 Å². The molecule has 1 saturated carbocycles. The van der Waals surface area contributed by atoms with Gasteiger partial charge in [0.25, 0.3) is 11.8 Å². The molecule has 1 aliphatic carbocycles. The third-order valence-electron chi connectivity index (χ3n) is 6.25. The van der Waals surface area contributed by atoms with E-state index >= 15 is 0 Å². The van der Waals surface area contributed by atoms with E-state index in [0.717, 1.165) is 30.7 Å². The monoisotopic (exact) mass is 481 g/mol. The minimum absolute atomic E-state index is 0.113. The first-order valence-electron chi connectivity index (χ1n) is 10.7. The number of anilines is 1. The van der Waals surface area contributed by atoms with Crippen molar-refractivity contribution >= 4 is 52.6 Å². The molecule has 3 aliphatic rings. The third kappa shape index (κ3) is 4.69. The molecule has 2 aliphatic heterocycles. The minimum atomic E-state index is -0.906. The maximum absolute atomic E-state index is 12.8. The summed E-state index contributed by atoms with van der Waals surface area (Å²) in [5.41, 5.74) is 1.99. The average molecular weight is 482 g/mol. The molecular formula is C21H25Cl2N5O4. The maximum atomic E-state index is 12.8. The number of benzene rings is 1. The number of hydrogen-bond donors (Lipinski definition) is 3. The Labute approximate surface area is 195 Å². The zero-order valence-electron chi connectivity index (χ0n) is 17.5. The van der Waals surface area contributed by atoms with Crippen LogP contribution in [0.25, 0.3) is 0 Å². The molecule has 172 valence electrons. The zero-order valence-corrected chi connectivity index (χ0v) is 19.0. The molecule has 4 rings (SSSR count). The lowest BCUT2D eigenvalue weighted by Gasteiger charge is -2.30. The van der Waals surface area contributed by atoms with Gasteiger partial charge in [-0.15, -0.1) is 0 Å². The first-order valence-corrected chi connectivity index (χ1v) is 11.5. The molecule has 1 aromatic carbocycles. The molecule has 1 aromatic rings. The highest BCUT2D eigenvalue weighted by Gasteiger charge is 2.52. The Bertz CT molecular complexity index is 930. The topological polar surface area (TPSA) is 111 Å². The van der Waals surface area contributed by atoms with Crippen LogP contribution in [0.1, 0.15) is 44.9 Å². The standard InChI is InChI=1S/C21H25Cl2N5O4/c22-13-9-14(23)11-15(10-13)24-18(30)16-5-4-8-27(16)12-17(29)26-28-19(31)21(25-20(28)32)6-2-1-3-7-21/h9-11,16H,1-8,12H2,(H,24,30)(H,25,32)(H,26,29). The summed E-state index contributed by atoms with van der Waals surface area (Å²) in [5, 5.41) is 7.13. The predicted molar refractivity (Wildman–Crippen MR) is 119 cm³/mol. The van der Waals surface area contributed by atoms with E-state index in [1.54, 1.807) is 23.1 Å². The molecule has 1 unspecified atom stereocenters. The SMILES string of the molecule is O=C(CN1CCCC1C(=O)Nc1cc(Cl)cc(Cl)c1)NN1C(=O)NC2(CCCCC2)C1=O. The van der Waals surface area contributed by atoms with Gasteiger partial charge < -0.3 is 10.6 Å². The van der Waals surface area contributed by atoms with Gasteiger partial charge in [-0.3, -0.25) is 24.7 Å². The van der Waals surface area contributed by atoms with Crippen molar-refractivity contribution in [2.24, 2.45) is 0 Å². The quantitative estimate of drug-likeness (QED) is 0.559. The summed E-state index contributed by atoms with van der Waals surface area (Å²) in [4.78, 5) is 52.3. The Kier molecular flexibility index (Phi) is 6.60. The molecule has 3 fully saturated rings. The van der Waals surface area contributed by atoms with Crippen molar-refractivity contribution in [3.63, 3.8) is 0 Å². The van der Waals surface area contributed by atoms with Crippen LogP contribution in [0.2, 0.25) is 10.0 Å². The number of hydrazine groups is 1. The number of carbonyl (C=O) groups excluding carboxylic acids is 4. The lowest BCUT2D eigenvalue weighted by Crippen LogP contribution is -2.53. The molecular weight excluding hydrogens is 457 g/mol. The zero-order chi connectivity index (χ0) is 22.9. The number of imide groups is 1. The second kappa shape index (κ2) is 9.25. The van der Waals surface area contributed by atoms with Crippen LogP contribution in [0, 0.1) is 0 Å². The highest BCUT2D eigenvalue weighted by Crippen LogP contribution is 2.33. The normalized spacial score (nSPS) is 22.8. The molecule has 0 bridgehead atoms. The minimum Gasteiger partial charge on any atom is -0.325 e. The number of likely N-dealkylation sites (tertiary alicyclic amines) is 1. The maximum Gasteiger partial charge on any atom is 0.344 e. The van der Waals surface area contributed by atoms with E-state index in [1.165, 1.54) is 0 Å². The average Bonchev–Trinajstić information content (AvgIpc) is 3.27. The molecule has 2 heterocycles. The van der Waals surface area contributed by atoms with Crippen molar-refractivity contribution in [1.82, 2.24) is 20.7 Å². The molecule has 9 nitrogen and oxygen atoms in total. The van der Waals surface area contributed by atoms with Crippen molar-refractivity contribution in [3.05, 3.63) is 28.2 Å². The van der Waals surface area contributed by atoms with Crippen LogP contribution in [0.4, 0.5) is 10.5 Å². The van der Waals surface area contributed by atoms with Crippen LogP contribution in [-0.2, 0) is 14.4 Å². The number of nitrogens with one attached hydrogen (secondary N) is 3. The fraction of sp³-hybridized carbons (Fsp3) is 0.524. The van der Waals surface area contributed by atoms with E-state index in [1.807, 2.05) is 0 Å². The van der Waals surface area contributed by atoms with Gasteiger partial charge >= 0.3 is 6.03 Å². The highest BCUT2D eigenvalue weighted by atomic mass is 35.5. The Morgan fingerprint density at radius 2 is 1.75 bits per heavy atom. The first-order chi connectivity index (χ1) is 15.3. The molecule has 0 aromatic heterocycles. The van der Waals surface area contributed by atoms with E-state index in [9.17, 15) is 19.2 Å². The van der Waals surface area contributed by atoms with E-state index in [0.29, 0.717) is 41.5 Å².